The van der Waals surface area contributed by atoms with Crippen molar-refractivity contribution >= 4 is 21.7 Å². The van der Waals surface area contributed by atoms with Gasteiger partial charge in [0.2, 0.25) is 0 Å². The molecule has 0 unspecified atom stereocenters. The summed E-state index contributed by atoms with van der Waals surface area (Å²) in [6, 6.07) is 4.05. The molecule has 4 nitrogen and oxygen atoms in total. The summed E-state index contributed by atoms with van der Waals surface area (Å²) < 4.78 is 14.0. The molecule has 1 aromatic heterocycles. The van der Waals surface area contributed by atoms with Gasteiger partial charge >= 0.3 is 0 Å². The highest BCUT2D eigenvalue weighted by Gasteiger charge is 2.09. The lowest BCUT2D eigenvalue weighted by molar-refractivity contribution is 0.432. The second-order valence-corrected chi connectivity index (χ2v) is 4.44. The van der Waals surface area contributed by atoms with Gasteiger partial charge in [-0.2, -0.15) is 0 Å². The molecular weight excluding hydrogens is 301 g/mol. The summed E-state index contributed by atoms with van der Waals surface area (Å²) in [7, 11) is 0. The van der Waals surface area contributed by atoms with Crippen LogP contribution in [0.3, 0.4) is 0 Å². The van der Waals surface area contributed by atoms with E-state index in [0.717, 1.165) is 11.0 Å². The molecule has 0 saturated heterocycles. The van der Waals surface area contributed by atoms with Crippen LogP contribution >= 0.6 is 15.9 Å². The summed E-state index contributed by atoms with van der Waals surface area (Å²) in [4.78, 5) is 8.40. The number of rotatable bonds is 3. The minimum Gasteiger partial charge on any atom is -0.505 e. The summed E-state index contributed by atoms with van der Waals surface area (Å²) in [6.45, 7) is 2.67. The fourth-order valence-corrected chi connectivity index (χ4v) is 1.77. The van der Waals surface area contributed by atoms with Crippen LogP contribution in [0.1, 0.15) is 6.92 Å². The molecule has 2 rings (SSSR count). The van der Waals surface area contributed by atoms with E-state index in [4.69, 9.17) is 5.11 Å². The Bertz CT molecular complexity index is 577. The minimum atomic E-state index is -0.691. The Morgan fingerprint density at radius 2 is 2.22 bits per heavy atom. The maximum absolute atomic E-state index is 13.3. The van der Waals surface area contributed by atoms with E-state index in [1.54, 1.807) is 12.3 Å². The summed E-state index contributed by atoms with van der Waals surface area (Å²) in [5.41, 5.74) is 0.511. The monoisotopic (exact) mass is 311 g/mol. The molecule has 0 radical (unpaired) electrons. The second kappa shape index (κ2) is 5.30. The first-order valence-corrected chi connectivity index (χ1v) is 6.16. The average Bonchev–Trinajstić information content (AvgIpc) is 2.36. The first-order chi connectivity index (χ1) is 8.61. The summed E-state index contributed by atoms with van der Waals surface area (Å²) in [6.07, 6.45) is 1.60. The molecule has 0 spiro atoms. The number of aromatic hydroxyl groups is 1. The van der Waals surface area contributed by atoms with Gasteiger partial charge < -0.3 is 10.4 Å². The molecule has 0 bridgehead atoms. The van der Waals surface area contributed by atoms with Crippen LogP contribution in [0, 0.1) is 5.82 Å². The largest absolute Gasteiger partial charge is 0.505 e. The van der Waals surface area contributed by atoms with Gasteiger partial charge in [-0.05, 0) is 41.1 Å². The van der Waals surface area contributed by atoms with Crippen molar-refractivity contribution in [3.8, 4) is 17.1 Å². The lowest BCUT2D eigenvalue weighted by Crippen LogP contribution is -2.02. The number of phenolic OH excluding ortho intramolecular Hbond substituents is 1. The van der Waals surface area contributed by atoms with E-state index in [1.165, 1.54) is 12.1 Å². The van der Waals surface area contributed by atoms with Crippen molar-refractivity contribution in [3.63, 3.8) is 0 Å². The highest BCUT2D eigenvalue weighted by Crippen LogP contribution is 2.25. The quantitative estimate of drug-likeness (QED) is 0.914. The molecule has 6 heteroatoms. The number of halogens is 2. The molecule has 1 aromatic carbocycles. The van der Waals surface area contributed by atoms with Crippen LogP contribution in [0.4, 0.5) is 10.2 Å². The van der Waals surface area contributed by atoms with Crippen molar-refractivity contribution in [3.05, 3.63) is 34.7 Å². The van der Waals surface area contributed by atoms with Crippen LogP contribution in [0.5, 0.6) is 5.75 Å². The molecule has 1 heterocycles. The molecule has 0 saturated carbocycles. The Morgan fingerprint density at radius 3 is 2.89 bits per heavy atom. The lowest BCUT2D eigenvalue weighted by atomic mass is 10.2. The molecule has 0 aliphatic rings. The zero-order chi connectivity index (χ0) is 13.1. The van der Waals surface area contributed by atoms with Crippen molar-refractivity contribution in [2.24, 2.45) is 0 Å². The fourth-order valence-electron chi connectivity index (χ4n) is 1.44. The standard InChI is InChI=1S/C12H11BrFN3O/c1-2-15-12-8(13)6-16-11(17-12)7-3-4-10(18)9(14)5-7/h3-6,18H,2H2,1H3,(H,15,16,17). The number of benzene rings is 1. The van der Waals surface area contributed by atoms with E-state index in [1.807, 2.05) is 6.92 Å². The van der Waals surface area contributed by atoms with Gasteiger partial charge in [-0.1, -0.05) is 0 Å². The van der Waals surface area contributed by atoms with Crippen LogP contribution in [-0.2, 0) is 0 Å². The number of anilines is 1. The zero-order valence-electron chi connectivity index (χ0n) is 9.61. The molecular formula is C12H11BrFN3O. The van der Waals surface area contributed by atoms with Gasteiger partial charge in [-0.15, -0.1) is 0 Å². The maximum Gasteiger partial charge on any atom is 0.165 e. The Labute approximate surface area is 112 Å². The number of hydrogen-bond acceptors (Lipinski definition) is 4. The Kier molecular flexibility index (Phi) is 3.76. The van der Waals surface area contributed by atoms with Crippen molar-refractivity contribution in [1.29, 1.82) is 0 Å². The van der Waals surface area contributed by atoms with Gasteiger partial charge in [0.25, 0.3) is 0 Å². The first-order valence-electron chi connectivity index (χ1n) is 5.37. The van der Waals surface area contributed by atoms with E-state index < -0.39 is 5.82 Å². The Morgan fingerprint density at radius 1 is 1.44 bits per heavy atom. The number of phenols is 1. The van der Waals surface area contributed by atoms with Gasteiger partial charge in [0.15, 0.2) is 17.4 Å². The van der Waals surface area contributed by atoms with Crippen molar-refractivity contribution < 1.29 is 9.50 Å². The Hall–Kier alpha value is -1.69. The summed E-state index contributed by atoms with van der Waals surface area (Å²) in [5.74, 6) is -0.0316. The Balaban J connectivity index is 2.44. The van der Waals surface area contributed by atoms with Gasteiger partial charge in [0, 0.05) is 18.3 Å². The van der Waals surface area contributed by atoms with Gasteiger partial charge in [-0.3, -0.25) is 0 Å². The average molecular weight is 312 g/mol. The van der Waals surface area contributed by atoms with Gasteiger partial charge in [0.1, 0.15) is 5.82 Å². The zero-order valence-corrected chi connectivity index (χ0v) is 11.2. The lowest BCUT2D eigenvalue weighted by Gasteiger charge is -2.07. The van der Waals surface area contributed by atoms with Crippen LogP contribution < -0.4 is 5.32 Å². The fraction of sp³-hybridized carbons (Fsp3) is 0.167. The van der Waals surface area contributed by atoms with Crippen LogP contribution in [0.2, 0.25) is 0 Å². The highest BCUT2D eigenvalue weighted by molar-refractivity contribution is 9.10. The third-order valence-electron chi connectivity index (χ3n) is 2.29. The molecule has 0 aliphatic carbocycles. The number of hydrogen-bond donors (Lipinski definition) is 2. The molecule has 0 atom stereocenters. The molecule has 0 aliphatic heterocycles. The number of nitrogens with zero attached hydrogens (tertiary/aromatic N) is 2. The van der Waals surface area contributed by atoms with Gasteiger partial charge in [-0.25, -0.2) is 14.4 Å². The van der Waals surface area contributed by atoms with E-state index in [-0.39, 0.29) is 5.75 Å². The van der Waals surface area contributed by atoms with Crippen molar-refractivity contribution in [2.45, 2.75) is 6.92 Å². The first kappa shape index (κ1) is 12.8. The van der Waals surface area contributed by atoms with E-state index in [2.05, 4.69) is 31.2 Å². The molecule has 0 fully saturated rings. The third kappa shape index (κ3) is 2.59. The summed E-state index contributed by atoms with van der Waals surface area (Å²) >= 11 is 3.33. The van der Waals surface area contributed by atoms with Gasteiger partial charge in [0.05, 0.1) is 4.47 Å². The van der Waals surface area contributed by atoms with E-state index in [9.17, 15) is 4.39 Å². The third-order valence-corrected chi connectivity index (χ3v) is 2.87. The van der Waals surface area contributed by atoms with E-state index in [0.29, 0.717) is 17.2 Å². The topological polar surface area (TPSA) is 58.0 Å². The second-order valence-electron chi connectivity index (χ2n) is 3.59. The maximum atomic E-state index is 13.3. The highest BCUT2D eigenvalue weighted by atomic mass is 79.9. The minimum absolute atomic E-state index is 0.386. The number of aromatic nitrogens is 2. The summed E-state index contributed by atoms with van der Waals surface area (Å²) in [5, 5.41) is 12.2. The molecule has 0 amide bonds. The number of nitrogens with one attached hydrogen (secondary N) is 1. The van der Waals surface area contributed by atoms with Crippen LogP contribution in [0.15, 0.2) is 28.9 Å². The molecule has 2 aromatic rings. The predicted molar refractivity (Wildman–Crippen MR) is 71.0 cm³/mol. The predicted octanol–water partition coefficient (Wildman–Crippen LogP) is 3.18. The van der Waals surface area contributed by atoms with Crippen LogP contribution in [-0.4, -0.2) is 21.6 Å². The smallest absolute Gasteiger partial charge is 0.165 e. The SMILES string of the molecule is CCNc1nc(-c2ccc(O)c(F)c2)ncc1Br. The van der Waals surface area contributed by atoms with E-state index >= 15 is 0 Å². The van der Waals surface area contributed by atoms with Crippen molar-refractivity contribution in [1.82, 2.24) is 9.97 Å². The van der Waals surface area contributed by atoms with Crippen LogP contribution in [0.25, 0.3) is 11.4 Å². The molecule has 18 heavy (non-hydrogen) atoms. The molecule has 94 valence electrons. The van der Waals surface area contributed by atoms with Crippen molar-refractivity contribution in [2.75, 3.05) is 11.9 Å². The normalized spacial score (nSPS) is 10.4. The molecule has 2 N–H and O–H groups in total.